The summed E-state index contributed by atoms with van der Waals surface area (Å²) in [6.45, 7) is 9.27. The Morgan fingerprint density at radius 3 is 2.79 bits per heavy atom. The number of hydrogen-bond acceptors (Lipinski definition) is 5. The smallest absolute Gasteiger partial charge is 0.226 e. The second kappa shape index (κ2) is 10.4. The maximum atomic E-state index is 5.30. The summed E-state index contributed by atoms with van der Waals surface area (Å²) in [6, 6.07) is 11.6. The predicted octanol–water partition coefficient (Wildman–Crippen LogP) is 2.95. The predicted molar refractivity (Wildman–Crippen MR) is 116 cm³/mol. The minimum absolute atomic E-state index is 0.295. The third-order valence-electron chi connectivity index (χ3n) is 5.36. The van der Waals surface area contributed by atoms with E-state index in [0.29, 0.717) is 23.9 Å². The molecule has 0 bridgehead atoms. The summed E-state index contributed by atoms with van der Waals surface area (Å²) in [6.07, 6.45) is 2.81. The zero-order chi connectivity index (χ0) is 20.6. The van der Waals surface area contributed by atoms with Gasteiger partial charge in [0.15, 0.2) is 11.8 Å². The van der Waals surface area contributed by atoms with Crippen LogP contribution in [0.15, 0.2) is 39.8 Å². The van der Waals surface area contributed by atoms with Crippen molar-refractivity contribution in [2.45, 2.75) is 64.6 Å². The molecule has 2 unspecified atom stereocenters. The Labute approximate surface area is 174 Å². The molecule has 1 aliphatic heterocycles. The summed E-state index contributed by atoms with van der Waals surface area (Å²) in [7, 11) is 1.82. The highest BCUT2D eigenvalue weighted by Crippen LogP contribution is 2.20. The first-order valence-corrected chi connectivity index (χ1v) is 10.6. The van der Waals surface area contributed by atoms with Gasteiger partial charge in [0.25, 0.3) is 0 Å². The largest absolute Gasteiger partial charge is 0.356 e. The Kier molecular flexibility index (Phi) is 7.63. The molecule has 1 aromatic heterocycles. The van der Waals surface area contributed by atoms with Crippen molar-refractivity contribution >= 4 is 5.96 Å². The molecule has 29 heavy (non-hydrogen) atoms. The highest BCUT2D eigenvalue weighted by atomic mass is 16.5. The van der Waals surface area contributed by atoms with Crippen LogP contribution in [0.4, 0.5) is 0 Å². The molecule has 2 N–H and O–H groups in total. The number of benzene rings is 1. The monoisotopic (exact) mass is 398 g/mol. The van der Waals surface area contributed by atoms with Crippen LogP contribution in [0.2, 0.25) is 0 Å². The van der Waals surface area contributed by atoms with Crippen molar-refractivity contribution in [3.05, 3.63) is 47.6 Å². The second-order valence-electron chi connectivity index (χ2n) is 8.14. The van der Waals surface area contributed by atoms with Crippen LogP contribution in [0.1, 0.15) is 56.8 Å². The van der Waals surface area contributed by atoms with Crippen molar-refractivity contribution in [1.82, 2.24) is 25.7 Å². The van der Waals surface area contributed by atoms with E-state index in [0.717, 1.165) is 50.7 Å². The minimum Gasteiger partial charge on any atom is -0.356 e. The van der Waals surface area contributed by atoms with Crippen molar-refractivity contribution in [2.24, 2.45) is 4.99 Å². The third-order valence-corrected chi connectivity index (χ3v) is 5.36. The topological polar surface area (TPSA) is 78.6 Å². The molecular formula is C22H34N6O. The van der Waals surface area contributed by atoms with Crippen LogP contribution >= 0.6 is 0 Å². The molecule has 7 nitrogen and oxygen atoms in total. The molecule has 0 saturated carbocycles. The molecule has 1 fully saturated rings. The van der Waals surface area contributed by atoms with Crippen LogP contribution in [0.3, 0.4) is 0 Å². The standard InChI is InChI=1S/C22H34N6O/c1-16(2)21-26-20(29-27-21)11-8-12-24-22(23-4)25-19-13-17(3)28(15-19)14-18-9-6-5-7-10-18/h5-7,9-10,16-17,19H,8,11-15H2,1-4H3,(H2,23,24,25). The van der Waals surface area contributed by atoms with E-state index in [1.54, 1.807) is 0 Å². The number of hydrogen-bond donors (Lipinski definition) is 2. The summed E-state index contributed by atoms with van der Waals surface area (Å²) in [5.41, 5.74) is 1.36. The Balaban J connectivity index is 1.39. The lowest BCUT2D eigenvalue weighted by atomic mass is 10.2. The van der Waals surface area contributed by atoms with E-state index in [1.807, 2.05) is 7.05 Å². The van der Waals surface area contributed by atoms with Gasteiger partial charge in [0, 0.05) is 51.1 Å². The molecule has 3 rings (SSSR count). The number of aliphatic imine (C=N–C) groups is 1. The zero-order valence-electron chi connectivity index (χ0n) is 18.1. The summed E-state index contributed by atoms with van der Waals surface area (Å²) in [5, 5.41) is 11.0. The van der Waals surface area contributed by atoms with Crippen LogP contribution in [-0.2, 0) is 13.0 Å². The molecule has 0 aliphatic carbocycles. The molecule has 1 aromatic carbocycles. The number of likely N-dealkylation sites (tertiary alicyclic amines) is 1. The van der Waals surface area contributed by atoms with Crippen LogP contribution in [0, 0.1) is 0 Å². The van der Waals surface area contributed by atoms with E-state index in [2.05, 4.69) is 81.8 Å². The first-order chi connectivity index (χ1) is 14.0. The van der Waals surface area contributed by atoms with Crippen LogP contribution < -0.4 is 10.6 Å². The average Bonchev–Trinajstić information content (AvgIpc) is 3.32. The van der Waals surface area contributed by atoms with Crippen molar-refractivity contribution in [3.8, 4) is 0 Å². The molecule has 0 radical (unpaired) electrons. The van der Waals surface area contributed by atoms with Gasteiger partial charge in [-0.15, -0.1) is 0 Å². The quantitative estimate of drug-likeness (QED) is 0.404. The minimum atomic E-state index is 0.295. The van der Waals surface area contributed by atoms with Gasteiger partial charge in [0.05, 0.1) is 0 Å². The molecule has 2 atom stereocenters. The summed E-state index contributed by atoms with van der Waals surface area (Å²) in [4.78, 5) is 11.3. The molecule has 1 saturated heterocycles. The number of aromatic nitrogens is 2. The van der Waals surface area contributed by atoms with Gasteiger partial charge in [0.2, 0.25) is 5.89 Å². The van der Waals surface area contributed by atoms with Gasteiger partial charge >= 0.3 is 0 Å². The lowest BCUT2D eigenvalue weighted by Crippen LogP contribution is -2.44. The maximum absolute atomic E-state index is 5.30. The maximum Gasteiger partial charge on any atom is 0.226 e. The third kappa shape index (κ3) is 6.29. The normalized spacial score (nSPS) is 20.4. The summed E-state index contributed by atoms with van der Waals surface area (Å²) >= 11 is 0. The van der Waals surface area contributed by atoms with Gasteiger partial charge in [-0.1, -0.05) is 49.3 Å². The first kappa shape index (κ1) is 21.3. The van der Waals surface area contributed by atoms with E-state index >= 15 is 0 Å². The Bertz CT molecular complexity index is 773. The molecule has 2 heterocycles. The molecule has 158 valence electrons. The molecular weight excluding hydrogens is 364 g/mol. The molecule has 0 amide bonds. The first-order valence-electron chi connectivity index (χ1n) is 10.6. The lowest BCUT2D eigenvalue weighted by Gasteiger charge is -2.21. The number of rotatable bonds is 8. The molecule has 1 aliphatic rings. The fraction of sp³-hybridized carbons (Fsp3) is 0.591. The van der Waals surface area contributed by atoms with E-state index in [1.165, 1.54) is 5.56 Å². The lowest BCUT2D eigenvalue weighted by molar-refractivity contribution is 0.258. The van der Waals surface area contributed by atoms with Crippen LogP contribution in [0.5, 0.6) is 0 Å². The molecule has 2 aromatic rings. The Morgan fingerprint density at radius 2 is 2.10 bits per heavy atom. The number of aryl methyl sites for hydroxylation is 1. The van der Waals surface area contributed by atoms with E-state index in [9.17, 15) is 0 Å². The fourth-order valence-corrected chi connectivity index (χ4v) is 3.68. The second-order valence-corrected chi connectivity index (χ2v) is 8.14. The van der Waals surface area contributed by atoms with Crippen molar-refractivity contribution in [2.75, 3.05) is 20.1 Å². The zero-order valence-corrected chi connectivity index (χ0v) is 18.1. The summed E-state index contributed by atoms with van der Waals surface area (Å²) < 4.78 is 5.30. The van der Waals surface area contributed by atoms with Crippen LogP contribution in [-0.4, -0.2) is 53.2 Å². The Morgan fingerprint density at radius 1 is 1.31 bits per heavy atom. The van der Waals surface area contributed by atoms with Crippen molar-refractivity contribution < 1.29 is 4.52 Å². The van der Waals surface area contributed by atoms with Gasteiger partial charge in [-0.25, -0.2) is 0 Å². The number of guanidine groups is 1. The number of nitrogens with zero attached hydrogens (tertiary/aromatic N) is 4. The Hall–Kier alpha value is -2.41. The summed E-state index contributed by atoms with van der Waals surface area (Å²) in [5.74, 6) is 2.64. The molecule has 7 heteroatoms. The van der Waals surface area contributed by atoms with Gasteiger partial charge in [-0.05, 0) is 25.3 Å². The highest BCUT2D eigenvalue weighted by molar-refractivity contribution is 5.80. The molecule has 0 spiro atoms. The van der Waals surface area contributed by atoms with E-state index in [-0.39, 0.29) is 0 Å². The van der Waals surface area contributed by atoms with Gasteiger partial charge in [-0.3, -0.25) is 9.89 Å². The van der Waals surface area contributed by atoms with Gasteiger partial charge in [0.1, 0.15) is 0 Å². The average molecular weight is 399 g/mol. The van der Waals surface area contributed by atoms with Crippen molar-refractivity contribution in [1.29, 1.82) is 0 Å². The fourth-order valence-electron chi connectivity index (χ4n) is 3.68. The number of nitrogens with one attached hydrogen (secondary N) is 2. The van der Waals surface area contributed by atoms with Crippen molar-refractivity contribution in [3.63, 3.8) is 0 Å². The van der Waals surface area contributed by atoms with Crippen LogP contribution in [0.25, 0.3) is 0 Å². The van der Waals surface area contributed by atoms with E-state index in [4.69, 9.17) is 4.52 Å². The van der Waals surface area contributed by atoms with E-state index < -0.39 is 0 Å². The van der Waals surface area contributed by atoms with Gasteiger partial charge < -0.3 is 15.2 Å². The SMILES string of the molecule is CN=C(NCCCc1nc(C(C)C)no1)NC1CC(C)N(Cc2ccccc2)C1. The highest BCUT2D eigenvalue weighted by Gasteiger charge is 2.29. The van der Waals surface area contributed by atoms with Gasteiger partial charge in [-0.2, -0.15) is 4.98 Å².